The molecule has 0 saturated carbocycles. The molecule has 3 rings (SSSR count). The predicted octanol–water partition coefficient (Wildman–Crippen LogP) is 2.66. The van der Waals surface area contributed by atoms with E-state index in [4.69, 9.17) is 4.74 Å². The number of benzene rings is 2. The van der Waals surface area contributed by atoms with Crippen LogP contribution in [0.4, 0.5) is 5.69 Å². The molecule has 1 aliphatic rings. The van der Waals surface area contributed by atoms with Gasteiger partial charge in [0, 0.05) is 16.7 Å². The lowest BCUT2D eigenvalue weighted by Gasteiger charge is -2.17. The first-order valence-electron chi connectivity index (χ1n) is 8.59. The van der Waals surface area contributed by atoms with Crippen LogP contribution in [-0.2, 0) is 25.7 Å². The number of anilines is 1. The second-order valence-electron chi connectivity index (χ2n) is 6.18. The number of carbonyl (C=O) groups excluding carboxylic acids is 3. The summed E-state index contributed by atoms with van der Waals surface area (Å²) in [5.74, 6) is -2.04. The summed E-state index contributed by atoms with van der Waals surface area (Å²) in [6, 6.07) is 16.6. The van der Waals surface area contributed by atoms with E-state index in [1.165, 1.54) is 0 Å². The molecule has 2 aromatic carbocycles. The van der Waals surface area contributed by atoms with Crippen LogP contribution in [0.2, 0.25) is 0 Å². The molecule has 2 aromatic rings. The Morgan fingerprint density at radius 3 is 2.67 bits per heavy atom. The van der Waals surface area contributed by atoms with E-state index in [-0.39, 0.29) is 19.1 Å². The van der Waals surface area contributed by atoms with Crippen LogP contribution in [0.1, 0.15) is 12.0 Å². The number of carbonyl (C=O) groups is 3. The molecule has 1 saturated heterocycles. The van der Waals surface area contributed by atoms with Crippen LogP contribution >= 0.6 is 15.9 Å². The first-order chi connectivity index (χ1) is 13.0. The highest BCUT2D eigenvalue weighted by atomic mass is 79.9. The third kappa shape index (κ3) is 4.95. The van der Waals surface area contributed by atoms with Crippen molar-refractivity contribution in [3.05, 3.63) is 64.6 Å². The number of ether oxygens (including phenoxy) is 1. The lowest BCUT2D eigenvalue weighted by Crippen LogP contribution is -2.39. The summed E-state index contributed by atoms with van der Waals surface area (Å²) >= 11 is 3.38. The molecule has 0 unspecified atom stereocenters. The maximum absolute atomic E-state index is 12.5. The maximum Gasteiger partial charge on any atom is 0.325 e. The fourth-order valence-corrected chi connectivity index (χ4v) is 3.28. The number of hydrogen-bond donors (Lipinski definition) is 1. The number of nitrogens with one attached hydrogen (secondary N) is 1. The monoisotopic (exact) mass is 430 g/mol. The fraction of sp³-hybridized carbons (Fsp3) is 0.250. The lowest BCUT2D eigenvalue weighted by molar-refractivity contribution is -0.146. The molecular formula is C20H19BrN2O4. The molecule has 1 heterocycles. The van der Waals surface area contributed by atoms with Crippen molar-refractivity contribution < 1.29 is 19.1 Å². The SMILES string of the molecule is O=C(CNC(=O)[C@@H]1CCN(c2cccc(Br)c2)C1=O)OCc1ccccc1. The zero-order valence-electron chi connectivity index (χ0n) is 14.6. The Labute approximate surface area is 165 Å². The van der Waals surface area contributed by atoms with Crippen LogP contribution in [-0.4, -0.2) is 30.9 Å². The number of nitrogens with zero attached hydrogens (tertiary/aromatic N) is 1. The van der Waals surface area contributed by atoms with Crippen molar-refractivity contribution in [2.75, 3.05) is 18.0 Å². The van der Waals surface area contributed by atoms with Gasteiger partial charge in [-0.1, -0.05) is 52.3 Å². The molecule has 0 bridgehead atoms. The van der Waals surface area contributed by atoms with E-state index in [1.54, 1.807) is 4.90 Å². The Morgan fingerprint density at radius 2 is 1.93 bits per heavy atom. The average Bonchev–Trinajstić information content (AvgIpc) is 3.07. The number of halogens is 1. The topological polar surface area (TPSA) is 75.7 Å². The summed E-state index contributed by atoms with van der Waals surface area (Å²) < 4.78 is 5.98. The molecule has 6 nitrogen and oxygen atoms in total. The molecule has 7 heteroatoms. The predicted molar refractivity (Wildman–Crippen MR) is 104 cm³/mol. The van der Waals surface area contributed by atoms with Gasteiger partial charge in [0.15, 0.2) is 0 Å². The third-order valence-electron chi connectivity index (χ3n) is 4.29. The van der Waals surface area contributed by atoms with Gasteiger partial charge in [-0.25, -0.2) is 0 Å². The number of esters is 1. The molecule has 1 fully saturated rings. The molecule has 0 radical (unpaired) electrons. The highest BCUT2D eigenvalue weighted by molar-refractivity contribution is 9.10. The van der Waals surface area contributed by atoms with Crippen LogP contribution in [0, 0.1) is 5.92 Å². The minimum atomic E-state index is -0.786. The van der Waals surface area contributed by atoms with Gasteiger partial charge in [0.05, 0.1) is 0 Å². The van der Waals surface area contributed by atoms with Gasteiger partial charge >= 0.3 is 5.97 Å². The summed E-state index contributed by atoms with van der Waals surface area (Å²) in [7, 11) is 0. The van der Waals surface area contributed by atoms with Gasteiger partial charge in [0.2, 0.25) is 11.8 Å². The standard InChI is InChI=1S/C20H19BrN2O4/c21-15-7-4-8-16(11-15)23-10-9-17(20(23)26)19(25)22-12-18(24)27-13-14-5-2-1-3-6-14/h1-8,11,17H,9-10,12-13H2,(H,22,25)/t17-/m0/s1. The molecule has 1 aliphatic heterocycles. The summed E-state index contributed by atoms with van der Waals surface area (Å²) in [5, 5.41) is 2.50. The third-order valence-corrected chi connectivity index (χ3v) is 4.78. The smallest absolute Gasteiger partial charge is 0.325 e. The van der Waals surface area contributed by atoms with Gasteiger partial charge in [-0.05, 0) is 30.2 Å². The maximum atomic E-state index is 12.5. The normalized spacial score (nSPS) is 16.3. The van der Waals surface area contributed by atoms with E-state index in [2.05, 4.69) is 21.2 Å². The highest BCUT2D eigenvalue weighted by Gasteiger charge is 2.37. The van der Waals surface area contributed by atoms with Crippen molar-refractivity contribution in [2.45, 2.75) is 13.0 Å². The van der Waals surface area contributed by atoms with Crippen LogP contribution in [0.15, 0.2) is 59.1 Å². The molecule has 1 atom stereocenters. The largest absolute Gasteiger partial charge is 0.460 e. The first-order valence-corrected chi connectivity index (χ1v) is 9.38. The van der Waals surface area contributed by atoms with Crippen molar-refractivity contribution in [3.63, 3.8) is 0 Å². The minimum absolute atomic E-state index is 0.147. The molecule has 0 aliphatic carbocycles. The van der Waals surface area contributed by atoms with E-state index in [9.17, 15) is 14.4 Å². The second kappa shape index (κ2) is 8.81. The fourth-order valence-electron chi connectivity index (χ4n) is 2.90. The Balaban J connectivity index is 1.48. The summed E-state index contributed by atoms with van der Waals surface area (Å²) in [6.45, 7) is 0.354. The van der Waals surface area contributed by atoms with Crippen LogP contribution in [0.25, 0.3) is 0 Å². The second-order valence-corrected chi connectivity index (χ2v) is 7.09. The van der Waals surface area contributed by atoms with Crippen LogP contribution in [0.5, 0.6) is 0 Å². The zero-order valence-corrected chi connectivity index (χ0v) is 16.1. The summed E-state index contributed by atoms with van der Waals surface area (Å²) in [6.07, 6.45) is 0.413. The first kappa shape index (κ1) is 19.1. The molecule has 0 spiro atoms. The van der Waals surface area contributed by atoms with Crippen molar-refractivity contribution in [1.82, 2.24) is 5.32 Å². The van der Waals surface area contributed by atoms with E-state index >= 15 is 0 Å². The molecule has 1 N–H and O–H groups in total. The minimum Gasteiger partial charge on any atom is -0.460 e. The number of rotatable bonds is 6. The lowest BCUT2D eigenvalue weighted by atomic mass is 10.1. The Hall–Kier alpha value is -2.67. The Bertz CT molecular complexity index is 841. The molecule has 27 heavy (non-hydrogen) atoms. The van der Waals surface area contributed by atoms with Crippen molar-refractivity contribution >= 4 is 39.4 Å². The molecular weight excluding hydrogens is 412 g/mol. The van der Waals surface area contributed by atoms with E-state index < -0.39 is 17.8 Å². The van der Waals surface area contributed by atoms with Crippen LogP contribution in [0.3, 0.4) is 0 Å². The van der Waals surface area contributed by atoms with Gasteiger partial charge in [-0.2, -0.15) is 0 Å². The quantitative estimate of drug-likeness (QED) is 0.564. The van der Waals surface area contributed by atoms with Gasteiger partial charge in [0.25, 0.3) is 0 Å². The molecule has 0 aromatic heterocycles. The Kier molecular flexibility index (Phi) is 6.24. The molecule has 2 amide bonds. The van der Waals surface area contributed by atoms with Gasteiger partial charge in [0.1, 0.15) is 19.1 Å². The van der Waals surface area contributed by atoms with Gasteiger partial charge in [-0.15, -0.1) is 0 Å². The Morgan fingerprint density at radius 1 is 1.15 bits per heavy atom. The number of amides is 2. The molecule has 140 valence electrons. The van der Waals surface area contributed by atoms with Crippen LogP contribution < -0.4 is 10.2 Å². The van der Waals surface area contributed by atoms with E-state index in [1.807, 2.05) is 54.6 Å². The summed E-state index contributed by atoms with van der Waals surface area (Å²) in [5.41, 5.74) is 1.61. The van der Waals surface area contributed by atoms with E-state index in [0.717, 1.165) is 15.7 Å². The average molecular weight is 431 g/mol. The zero-order chi connectivity index (χ0) is 19.2. The van der Waals surface area contributed by atoms with E-state index in [0.29, 0.717) is 13.0 Å². The van der Waals surface area contributed by atoms with Crippen molar-refractivity contribution in [3.8, 4) is 0 Å². The van der Waals surface area contributed by atoms with Crippen molar-refractivity contribution in [1.29, 1.82) is 0 Å². The summed E-state index contributed by atoms with van der Waals surface area (Å²) in [4.78, 5) is 38.2. The highest BCUT2D eigenvalue weighted by Crippen LogP contribution is 2.27. The van der Waals surface area contributed by atoms with Gasteiger partial charge in [-0.3, -0.25) is 14.4 Å². The van der Waals surface area contributed by atoms with Gasteiger partial charge < -0.3 is 15.0 Å². The van der Waals surface area contributed by atoms with Crippen molar-refractivity contribution in [2.24, 2.45) is 5.92 Å². The number of hydrogen-bond acceptors (Lipinski definition) is 4.